The number of benzene rings is 3. The highest BCUT2D eigenvalue weighted by Crippen LogP contribution is 2.28. The second-order valence-corrected chi connectivity index (χ2v) is 17.1. The molecule has 1 aliphatic heterocycles. The number of carbonyl (C=O) groups is 8. The number of hydrogen-bond donors (Lipinski definition) is 9. The third-order valence-corrected chi connectivity index (χ3v) is 11.4. The Morgan fingerprint density at radius 1 is 0.606 bits per heavy atom. The number of hydrogen-bond acceptors (Lipinski definition) is 16. The Morgan fingerprint density at radius 3 is 1.68 bits per heavy atom. The van der Waals surface area contributed by atoms with Crippen molar-refractivity contribution in [3.05, 3.63) is 86.9 Å². The van der Waals surface area contributed by atoms with E-state index in [2.05, 4.69) is 16.0 Å². The van der Waals surface area contributed by atoms with Gasteiger partial charge in [-0.3, -0.25) is 53.2 Å². The molecule has 1 fully saturated rings. The third kappa shape index (κ3) is 20.7. The molecular formula is C46H57Cl2N7O16. The van der Waals surface area contributed by atoms with E-state index in [4.69, 9.17) is 32.7 Å². The molecule has 25 heteroatoms. The summed E-state index contributed by atoms with van der Waals surface area (Å²) in [5.41, 5.74) is 0.421. The molecule has 386 valence electrons. The fraction of sp³-hybridized carbons (Fsp3) is 0.435. The van der Waals surface area contributed by atoms with Gasteiger partial charge >= 0.3 is 23.9 Å². The van der Waals surface area contributed by atoms with Crippen LogP contribution in [0.5, 0.6) is 17.2 Å². The number of amides is 3. The van der Waals surface area contributed by atoms with Crippen molar-refractivity contribution in [1.82, 2.24) is 35.6 Å². The number of aliphatic carboxylic acids is 4. The van der Waals surface area contributed by atoms with E-state index < -0.39 is 48.3 Å². The number of ketones is 1. The maximum absolute atomic E-state index is 13.2. The van der Waals surface area contributed by atoms with Crippen LogP contribution in [0, 0.1) is 0 Å². The second kappa shape index (κ2) is 28.9. The first-order valence-electron chi connectivity index (χ1n) is 22.2. The van der Waals surface area contributed by atoms with Crippen LogP contribution in [0.25, 0.3) is 0 Å². The minimum Gasteiger partial charge on any atom is -0.508 e. The molecule has 0 saturated carbocycles. The van der Waals surface area contributed by atoms with E-state index in [0.29, 0.717) is 6.42 Å². The van der Waals surface area contributed by atoms with Crippen LogP contribution in [0.4, 0.5) is 0 Å². The van der Waals surface area contributed by atoms with Crippen LogP contribution in [0.3, 0.4) is 0 Å². The van der Waals surface area contributed by atoms with Gasteiger partial charge in [-0.2, -0.15) is 0 Å². The number of ether oxygens (including phenoxy) is 2. The molecule has 4 rings (SSSR count). The van der Waals surface area contributed by atoms with Crippen LogP contribution >= 0.6 is 23.2 Å². The standard InChI is InChI=1S/C46H57Cl2N7O16/c47-35-21-30(38(58)5-4-29-2-1-3-32(56)18-29)22-36(48)43(35)45(67)51-37(46(68)69)24-50-44(66)31-19-33(57)23-34(20-31)71-17-16-70-15-6-49-39(59)25-52-7-9-53(26-40(60)61)11-13-55(28-42(64)65)14-12-54(10-8-52)27-41(62)63/h1-3,18-23,37,56-57H,4-17,24-28H2,(H,49,59)(H,50,66)(H,51,67)(H,60,61)(H,62,63)(H,64,65)(H,68,69)/t37-/m0/s1. The average molecular weight is 1030 g/mol. The quantitative estimate of drug-likeness (QED) is 0.0419. The normalized spacial score (nSPS) is 14.8. The Bertz CT molecular complexity index is 2320. The van der Waals surface area contributed by atoms with Crippen LogP contribution < -0.4 is 20.7 Å². The molecule has 23 nitrogen and oxygen atoms in total. The number of carboxylic acids is 4. The molecule has 3 aromatic carbocycles. The molecule has 1 heterocycles. The summed E-state index contributed by atoms with van der Waals surface area (Å²) in [4.78, 5) is 105. The van der Waals surface area contributed by atoms with Gasteiger partial charge in [0.2, 0.25) is 5.91 Å². The Labute approximate surface area is 417 Å². The van der Waals surface area contributed by atoms with Crippen molar-refractivity contribution in [2.75, 3.05) is 111 Å². The number of rotatable bonds is 25. The first-order valence-corrected chi connectivity index (χ1v) is 23.0. The molecule has 0 aliphatic carbocycles. The maximum Gasteiger partial charge on any atom is 0.328 e. The fourth-order valence-corrected chi connectivity index (χ4v) is 7.88. The van der Waals surface area contributed by atoms with Gasteiger partial charge in [-0.05, 0) is 48.4 Å². The maximum atomic E-state index is 13.2. The number of nitrogens with zero attached hydrogens (tertiary/aromatic N) is 4. The summed E-state index contributed by atoms with van der Waals surface area (Å²) in [7, 11) is 0. The molecule has 9 N–H and O–H groups in total. The number of carbonyl (C=O) groups excluding carboxylic acids is 4. The van der Waals surface area contributed by atoms with Crippen LogP contribution in [0.15, 0.2) is 54.6 Å². The number of Topliss-reactive ketones (excluding diaryl/α,β-unsaturated/α-hetero) is 1. The first kappa shape index (κ1) is 57.0. The van der Waals surface area contributed by atoms with Crippen LogP contribution in [0.2, 0.25) is 10.0 Å². The Kier molecular flexibility index (Phi) is 23.2. The van der Waals surface area contributed by atoms with Crippen molar-refractivity contribution < 1.29 is 78.5 Å². The SMILES string of the molecule is O=C(O)CN1CCN(CC(=O)O)CCN(CC(=O)NCCOCCOc2cc(O)cc(C(=O)NC[C@H](NC(=O)c3c(Cl)cc(C(=O)CCc4cccc(O)c4)cc3Cl)C(=O)O)c2)CCN(CC(=O)O)CC1. The summed E-state index contributed by atoms with van der Waals surface area (Å²) >= 11 is 12.7. The molecule has 0 unspecified atom stereocenters. The minimum atomic E-state index is -1.67. The smallest absolute Gasteiger partial charge is 0.328 e. The molecule has 0 radical (unpaired) electrons. The number of aryl methyl sites for hydroxylation is 1. The van der Waals surface area contributed by atoms with Crippen LogP contribution in [-0.2, 0) is 35.1 Å². The Hall–Kier alpha value is -6.60. The largest absolute Gasteiger partial charge is 0.508 e. The highest BCUT2D eigenvalue weighted by Gasteiger charge is 2.26. The van der Waals surface area contributed by atoms with Gasteiger partial charge < -0.3 is 56.1 Å². The van der Waals surface area contributed by atoms with E-state index in [1.54, 1.807) is 31.7 Å². The summed E-state index contributed by atoms with van der Waals surface area (Å²) < 4.78 is 11.2. The molecule has 3 aromatic rings. The lowest BCUT2D eigenvalue weighted by atomic mass is 10.0. The van der Waals surface area contributed by atoms with Gasteiger partial charge in [-0.1, -0.05) is 35.3 Å². The van der Waals surface area contributed by atoms with E-state index in [-0.39, 0.29) is 167 Å². The number of phenols is 2. The summed E-state index contributed by atoms with van der Waals surface area (Å²) in [5, 5.41) is 65.0. The predicted molar refractivity (Wildman–Crippen MR) is 255 cm³/mol. The number of carboxylic acid groups (broad SMARTS) is 4. The summed E-state index contributed by atoms with van der Waals surface area (Å²) in [6.45, 7) is 0.580. The lowest BCUT2D eigenvalue weighted by molar-refractivity contribution is -0.140. The molecule has 1 aliphatic rings. The van der Waals surface area contributed by atoms with Gasteiger partial charge in [0.1, 0.15) is 29.9 Å². The zero-order valence-corrected chi connectivity index (χ0v) is 40.0. The number of aromatic hydroxyl groups is 2. The summed E-state index contributed by atoms with van der Waals surface area (Å²) in [6.07, 6.45) is 0.351. The zero-order chi connectivity index (χ0) is 52.0. The van der Waals surface area contributed by atoms with Crippen LogP contribution in [0.1, 0.15) is 43.1 Å². The van der Waals surface area contributed by atoms with Crippen molar-refractivity contribution in [3.8, 4) is 17.2 Å². The van der Waals surface area contributed by atoms with Crippen molar-refractivity contribution in [3.63, 3.8) is 0 Å². The van der Waals surface area contributed by atoms with Gasteiger partial charge in [0.25, 0.3) is 11.8 Å². The molecule has 1 saturated heterocycles. The lowest BCUT2D eigenvalue weighted by Crippen LogP contribution is -2.50. The van der Waals surface area contributed by atoms with Gasteiger partial charge in [-0.25, -0.2) is 4.79 Å². The van der Waals surface area contributed by atoms with E-state index >= 15 is 0 Å². The van der Waals surface area contributed by atoms with Gasteiger partial charge in [0.15, 0.2) is 5.78 Å². The summed E-state index contributed by atoms with van der Waals surface area (Å²) in [5.74, 6) is -7.48. The van der Waals surface area contributed by atoms with Crippen molar-refractivity contribution in [2.24, 2.45) is 0 Å². The number of halogens is 2. The highest BCUT2D eigenvalue weighted by atomic mass is 35.5. The van der Waals surface area contributed by atoms with E-state index in [9.17, 15) is 69.0 Å². The molecule has 0 spiro atoms. The predicted octanol–water partition coefficient (Wildman–Crippen LogP) is 0.820. The molecule has 0 bridgehead atoms. The van der Waals surface area contributed by atoms with Crippen molar-refractivity contribution in [2.45, 2.75) is 18.9 Å². The third-order valence-electron chi connectivity index (χ3n) is 10.8. The first-order chi connectivity index (χ1) is 33.8. The summed E-state index contributed by atoms with van der Waals surface area (Å²) in [6, 6.07) is 10.8. The number of phenolic OH excluding ortho intramolecular Hbond substituents is 2. The van der Waals surface area contributed by atoms with Gasteiger partial charge in [-0.15, -0.1) is 0 Å². The molecular weight excluding hydrogens is 977 g/mol. The molecule has 3 amide bonds. The monoisotopic (exact) mass is 1030 g/mol. The van der Waals surface area contributed by atoms with Crippen LogP contribution in [-0.4, -0.2) is 215 Å². The highest BCUT2D eigenvalue weighted by molar-refractivity contribution is 6.40. The second-order valence-electron chi connectivity index (χ2n) is 16.3. The molecule has 1 atom stereocenters. The van der Waals surface area contributed by atoms with Crippen molar-refractivity contribution in [1.29, 1.82) is 0 Å². The van der Waals surface area contributed by atoms with Gasteiger partial charge in [0.05, 0.1) is 55.0 Å². The fourth-order valence-electron chi connectivity index (χ4n) is 7.22. The van der Waals surface area contributed by atoms with E-state index in [1.807, 2.05) is 0 Å². The van der Waals surface area contributed by atoms with E-state index in [1.165, 1.54) is 36.4 Å². The van der Waals surface area contributed by atoms with E-state index in [0.717, 1.165) is 11.6 Å². The van der Waals surface area contributed by atoms with Gasteiger partial charge in [0, 0.05) is 89.1 Å². The van der Waals surface area contributed by atoms with Crippen molar-refractivity contribution >= 4 is 70.6 Å². The molecule has 0 aromatic heterocycles. The average Bonchev–Trinajstić information content (AvgIpc) is 3.28. The minimum absolute atomic E-state index is 0.0231. The molecule has 71 heavy (non-hydrogen) atoms. The number of nitrogens with one attached hydrogen (secondary N) is 3. The Morgan fingerprint density at radius 2 is 1.15 bits per heavy atom. The topological polar surface area (TPSA) is 325 Å². The Balaban J connectivity index is 1.22. The lowest BCUT2D eigenvalue weighted by Gasteiger charge is -2.32. The zero-order valence-electron chi connectivity index (χ0n) is 38.5.